The van der Waals surface area contributed by atoms with Gasteiger partial charge in [-0.25, -0.2) is 4.98 Å². The molecule has 0 radical (unpaired) electrons. The number of H-pyrrole nitrogens is 1. The molecule has 21 heavy (non-hydrogen) atoms. The largest absolute Gasteiger partial charge is 0.491 e. The summed E-state index contributed by atoms with van der Waals surface area (Å²) in [6, 6.07) is 13.7. The molecule has 0 saturated carbocycles. The fourth-order valence-electron chi connectivity index (χ4n) is 2.07. The molecule has 5 heteroatoms. The average Bonchev–Trinajstić information content (AvgIpc) is 2.87. The second-order valence-electron chi connectivity index (χ2n) is 4.80. The number of nitrogens with zero attached hydrogens (tertiary/aromatic N) is 1. The van der Waals surface area contributed by atoms with Crippen molar-refractivity contribution in [1.82, 2.24) is 9.97 Å². The standard InChI is InChI=1S/C16H17N3OS/c1-11-6-7-13-14(10-11)19-16(18-13)21-9-8-20-15-5-3-2-4-12(15)17/h2-7,10H,8-9,17H2,1H3,(H,18,19). The molecule has 3 aromatic rings. The SMILES string of the molecule is Cc1ccc2nc(SCCOc3ccccc3N)[nH]c2c1. The number of rotatable bonds is 5. The summed E-state index contributed by atoms with van der Waals surface area (Å²) in [7, 11) is 0. The van der Waals surface area contributed by atoms with Gasteiger partial charge in [0, 0.05) is 5.75 Å². The van der Waals surface area contributed by atoms with Gasteiger partial charge in [0.15, 0.2) is 5.16 Å². The molecule has 3 rings (SSSR count). The molecule has 108 valence electrons. The van der Waals surface area contributed by atoms with E-state index >= 15 is 0 Å². The zero-order chi connectivity index (χ0) is 14.7. The number of para-hydroxylation sites is 2. The van der Waals surface area contributed by atoms with Crippen molar-refractivity contribution in [2.45, 2.75) is 12.1 Å². The Bertz CT molecular complexity index is 754. The summed E-state index contributed by atoms with van der Waals surface area (Å²) in [5, 5.41) is 0.917. The number of nitrogens with one attached hydrogen (secondary N) is 1. The molecule has 4 nitrogen and oxygen atoms in total. The minimum Gasteiger partial charge on any atom is -0.491 e. The van der Waals surface area contributed by atoms with Crippen LogP contribution in [0.15, 0.2) is 47.6 Å². The Labute approximate surface area is 127 Å². The second-order valence-corrected chi connectivity index (χ2v) is 5.88. The van der Waals surface area contributed by atoms with Gasteiger partial charge >= 0.3 is 0 Å². The minimum atomic E-state index is 0.592. The first-order valence-corrected chi connectivity index (χ1v) is 7.77. The lowest BCUT2D eigenvalue weighted by molar-refractivity contribution is 0.345. The van der Waals surface area contributed by atoms with E-state index in [0.717, 1.165) is 27.7 Å². The van der Waals surface area contributed by atoms with Gasteiger partial charge in [0.25, 0.3) is 0 Å². The summed E-state index contributed by atoms with van der Waals surface area (Å²) >= 11 is 1.64. The second kappa shape index (κ2) is 6.10. The number of aryl methyl sites for hydroxylation is 1. The number of nitrogen functional groups attached to an aromatic ring is 1. The van der Waals surface area contributed by atoms with Gasteiger partial charge in [-0.1, -0.05) is 30.0 Å². The van der Waals surface area contributed by atoms with E-state index in [2.05, 4.69) is 29.0 Å². The number of fused-ring (bicyclic) bond motifs is 1. The highest BCUT2D eigenvalue weighted by molar-refractivity contribution is 7.99. The van der Waals surface area contributed by atoms with Gasteiger partial charge in [0.2, 0.25) is 0 Å². The third-order valence-corrected chi connectivity index (χ3v) is 3.95. The molecule has 2 aromatic carbocycles. The third-order valence-electron chi connectivity index (χ3n) is 3.11. The number of thioether (sulfide) groups is 1. The van der Waals surface area contributed by atoms with Crippen LogP contribution in [0.4, 0.5) is 5.69 Å². The molecule has 1 aromatic heterocycles. The van der Waals surface area contributed by atoms with Crippen LogP contribution in [-0.4, -0.2) is 22.3 Å². The molecule has 0 fully saturated rings. The fraction of sp³-hybridized carbons (Fsp3) is 0.188. The van der Waals surface area contributed by atoms with Crippen LogP contribution in [0, 0.1) is 6.92 Å². The Hall–Kier alpha value is -2.14. The van der Waals surface area contributed by atoms with Gasteiger partial charge in [0.1, 0.15) is 5.75 Å². The number of ether oxygens (including phenoxy) is 1. The minimum absolute atomic E-state index is 0.592. The van der Waals surface area contributed by atoms with Gasteiger partial charge in [-0.05, 0) is 36.8 Å². The summed E-state index contributed by atoms with van der Waals surface area (Å²) in [5.41, 5.74) is 9.80. The molecule has 1 heterocycles. The molecule has 0 bridgehead atoms. The van der Waals surface area contributed by atoms with Crippen molar-refractivity contribution in [3.8, 4) is 5.75 Å². The van der Waals surface area contributed by atoms with Crippen LogP contribution in [0.25, 0.3) is 11.0 Å². The van der Waals surface area contributed by atoms with E-state index in [-0.39, 0.29) is 0 Å². The highest BCUT2D eigenvalue weighted by atomic mass is 32.2. The highest BCUT2D eigenvalue weighted by Gasteiger charge is 2.04. The van der Waals surface area contributed by atoms with Crippen LogP contribution < -0.4 is 10.5 Å². The maximum atomic E-state index is 5.83. The van der Waals surface area contributed by atoms with E-state index in [1.807, 2.05) is 30.3 Å². The van der Waals surface area contributed by atoms with Gasteiger partial charge in [-0.15, -0.1) is 0 Å². The van der Waals surface area contributed by atoms with Crippen LogP contribution in [-0.2, 0) is 0 Å². The maximum absolute atomic E-state index is 5.83. The molecule has 3 N–H and O–H groups in total. The van der Waals surface area contributed by atoms with Crippen molar-refractivity contribution in [3.63, 3.8) is 0 Å². The molecule has 0 aliphatic heterocycles. The number of hydrogen-bond donors (Lipinski definition) is 2. The first-order valence-electron chi connectivity index (χ1n) is 6.79. The number of aromatic amines is 1. The topological polar surface area (TPSA) is 63.9 Å². The van der Waals surface area contributed by atoms with Crippen molar-refractivity contribution >= 4 is 28.5 Å². The quantitative estimate of drug-likeness (QED) is 0.429. The normalized spacial score (nSPS) is 10.9. The number of benzene rings is 2. The predicted molar refractivity (Wildman–Crippen MR) is 87.9 cm³/mol. The Balaban J connectivity index is 1.56. The van der Waals surface area contributed by atoms with E-state index < -0.39 is 0 Å². The lowest BCUT2D eigenvalue weighted by Gasteiger charge is -2.07. The van der Waals surface area contributed by atoms with E-state index in [0.29, 0.717) is 12.3 Å². The first kappa shape index (κ1) is 13.8. The number of hydrogen-bond acceptors (Lipinski definition) is 4. The predicted octanol–water partition coefficient (Wildman–Crippen LogP) is 3.62. The van der Waals surface area contributed by atoms with Crippen molar-refractivity contribution < 1.29 is 4.74 Å². The smallest absolute Gasteiger partial charge is 0.166 e. The van der Waals surface area contributed by atoms with Crippen LogP contribution in [0.3, 0.4) is 0 Å². The van der Waals surface area contributed by atoms with Crippen molar-refractivity contribution in [3.05, 3.63) is 48.0 Å². The Morgan fingerprint density at radius 2 is 2.10 bits per heavy atom. The molecule has 0 saturated heterocycles. The molecule has 0 aliphatic carbocycles. The van der Waals surface area contributed by atoms with Gasteiger partial charge < -0.3 is 15.5 Å². The number of anilines is 1. The zero-order valence-electron chi connectivity index (χ0n) is 11.8. The van der Waals surface area contributed by atoms with E-state index in [4.69, 9.17) is 10.5 Å². The number of nitrogens with two attached hydrogens (primary N) is 1. The molecule has 0 amide bonds. The van der Waals surface area contributed by atoms with Gasteiger partial charge in [-0.3, -0.25) is 0 Å². The van der Waals surface area contributed by atoms with Crippen molar-refractivity contribution in [2.75, 3.05) is 18.1 Å². The monoisotopic (exact) mass is 299 g/mol. The van der Waals surface area contributed by atoms with E-state index in [9.17, 15) is 0 Å². The first-order chi connectivity index (χ1) is 10.2. The van der Waals surface area contributed by atoms with Crippen LogP contribution in [0.5, 0.6) is 5.75 Å². The Morgan fingerprint density at radius 3 is 2.95 bits per heavy atom. The summed E-state index contributed by atoms with van der Waals surface area (Å²) in [6.45, 7) is 2.67. The molecule has 0 aliphatic rings. The summed E-state index contributed by atoms with van der Waals surface area (Å²) < 4.78 is 5.66. The van der Waals surface area contributed by atoms with E-state index in [1.54, 1.807) is 11.8 Å². The maximum Gasteiger partial charge on any atom is 0.166 e. The van der Waals surface area contributed by atoms with Crippen LogP contribution in [0.1, 0.15) is 5.56 Å². The number of imidazole rings is 1. The summed E-state index contributed by atoms with van der Waals surface area (Å²) in [6.07, 6.45) is 0. The molecule has 0 spiro atoms. The Kier molecular flexibility index (Phi) is 4.01. The molecular formula is C16H17N3OS. The molecule has 0 unspecified atom stereocenters. The Morgan fingerprint density at radius 1 is 1.24 bits per heavy atom. The van der Waals surface area contributed by atoms with Crippen LogP contribution >= 0.6 is 11.8 Å². The summed E-state index contributed by atoms with van der Waals surface area (Å²) in [5.74, 6) is 1.55. The van der Waals surface area contributed by atoms with Crippen molar-refractivity contribution in [2.24, 2.45) is 0 Å². The number of aromatic nitrogens is 2. The zero-order valence-corrected chi connectivity index (χ0v) is 12.6. The fourth-order valence-corrected chi connectivity index (χ4v) is 2.78. The highest BCUT2D eigenvalue weighted by Crippen LogP contribution is 2.22. The average molecular weight is 299 g/mol. The van der Waals surface area contributed by atoms with Crippen molar-refractivity contribution in [1.29, 1.82) is 0 Å². The molecule has 0 atom stereocenters. The van der Waals surface area contributed by atoms with Gasteiger partial charge in [0.05, 0.1) is 23.3 Å². The lowest BCUT2D eigenvalue weighted by Crippen LogP contribution is -2.02. The molecular weight excluding hydrogens is 282 g/mol. The van der Waals surface area contributed by atoms with Gasteiger partial charge in [-0.2, -0.15) is 0 Å². The van der Waals surface area contributed by atoms with Crippen LogP contribution in [0.2, 0.25) is 0 Å². The summed E-state index contributed by atoms with van der Waals surface area (Å²) in [4.78, 5) is 7.86. The van der Waals surface area contributed by atoms with E-state index in [1.165, 1.54) is 5.56 Å². The lowest BCUT2D eigenvalue weighted by atomic mass is 10.2. The third kappa shape index (κ3) is 3.31.